The molecule has 0 fully saturated rings. The summed E-state index contributed by atoms with van der Waals surface area (Å²) in [6.45, 7) is 0. The zero-order valence-electron chi connectivity index (χ0n) is 8.22. The Kier molecular flexibility index (Phi) is 2.85. The standard InChI is InChI=1S/C11H12O4/c12-10-8(3-1-5-14-10)7-9-4-2-6-15-11(9)13/h1-2,5-6,8-9H,3-4,7H2. The Morgan fingerprint density at radius 2 is 1.47 bits per heavy atom. The van der Waals surface area contributed by atoms with Crippen LogP contribution in [0.1, 0.15) is 19.3 Å². The second-order valence-corrected chi connectivity index (χ2v) is 3.72. The Morgan fingerprint density at radius 3 is 1.87 bits per heavy atom. The van der Waals surface area contributed by atoms with Gasteiger partial charge in [0.1, 0.15) is 0 Å². The van der Waals surface area contributed by atoms with E-state index in [1.165, 1.54) is 12.5 Å². The molecule has 0 aliphatic carbocycles. The van der Waals surface area contributed by atoms with Crippen molar-refractivity contribution in [2.45, 2.75) is 19.3 Å². The molecule has 0 amide bonds. The van der Waals surface area contributed by atoms with Crippen molar-refractivity contribution < 1.29 is 19.1 Å². The number of hydrogen-bond acceptors (Lipinski definition) is 4. The van der Waals surface area contributed by atoms with Gasteiger partial charge in [-0.25, -0.2) is 0 Å². The number of esters is 2. The lowest BCUT2D eigenvalue weighted by Crippen LogP contribution is -2.26. The predicted molar refractivity (Wildman–Crippen MR) is 51.3 cm³/mol. The molecule has 2 heterocycles. The van der Waals surface area contributed by atoms with Gasteiger partial charge < -0.3 is 9.47 Å². The molecule has 80 valence electrons. The molecule has 2 unspecified atom stereocenters. The summed E-state index contributed by atoms with van der Waals surface area (Å²) in [5, 5.41) is 0. The molecule has 0 aromatic carbocycles. The van der Waals surface area contributed by atoms with E-state index in [0.717, 1.165) is 0 Å². The quantitative estimate of drug-likeness (QED) is 0.646. The van der Waals surface area contributed by atoms with Crippen LogP contribution in [0.4, 0.5) is 0 Å². The highest BCUT2D eigenvalue weighted by Gasteiger charge is 2.30. The van der Waals surface area contributed by atoms with Crippen LogP contribution in [0, 0.1) is 11.8 Å². The van der Waals surface area contributed by atoms with Crippen LogP contribution in [0.5, 0.6) is 0 Å². The van der Waals surface area contributed by atoms with Crippen molar-refractivity contribution >= 4 is 11.9 Å². The maximum Gasteiger partial charge on any atom is 0.314 e. The third-order valence-electron chi connectivity index (χ3n) is 2.64. The molecule has 2 aliphatic rings. The zero-order chi connectivity index (χ0) is 10.7. The molecule has 0 aromatic heterocycles. The number of allylic oxidation sites excluding steroid dienone is 2. The summed E-state index contributed by atoms with van der Waals surface area (Å²) < 4.78 is 9.56. The Bertz CT molecular complexity index is 297. The van der Waals surface area contributed by atoms with Crippen molar-refractivity contribution in [3.05, 3.63) is 24.7 Å². The molecule has 0 N–H and O–H groups in total. The maximum absolute atomic E-state index is 11.3. The lowest BCUT2D eigenvalue weighted by molar-refractivity contribution is -0.148. The fourth-order valence-corrected chi connectivity index (χ4v) is 1.78. The van der Waals surface area contributed by atoms with Crippen LogP contribution >= 0.6 is 0 Å². The summed E-state index contributed by atoms with van der Waals surface area (Å²) in [7, 11) is 0. The fourth-order valence-electron chi connectivity index (χ4n) is 1.78. The number of rotatable bonds is 2. The first-order chi connectivity index (χ1) is 7.27. The predicted octanol–water partition coefficient (Wildman–Crippen LogP) is 1.53. The molecule has 2 aliphatic heterocycles. The van der Waals surface area contributed by atoms with Gasteiger partial charge in [-0.2, -0.15) is 0 Å². The normalized spacial score (nSPS) is 29.9. The monoisotopic (exact) mass is 208 g/mol. The summed E-state index contributed by atoms with van der Waals surface area (Å²) >= 11 is 0. The largest absolute Gasteiger partial charge is 0.435 e. The highest BCUT2D eigenvalue weighted by molar-refractivity contribution is 5.77. The van der Waals surface area contributed by atoms with Crippen molar-refractivity contribution in [3.8, 4) is 0 Å². The van der Waals surface area contributed by atoms with Gasteiger partial charge in [-0.3, -0.25) is 9.59 Å². The number of carbonyl (C=O) groups excluding carboxylic acids is 2. The van der Waals surface area contributed by atoms with Crippen LogP contribution < -0.4 is 0 Å². The summed E-state index contributed by atoms with van der Waals surface area (Å²) in [4.78, 5) is 22.7. The molecule has 2 rings (SSSR count). The summed E-state index contributed by atoms with van der Waals surface area (Å²) in [5.41, 5.74) is 0. The molecule has 0 saturated carbocycles. The summed E-state index contributed by atoms with van der Waals surface area (Å²) in [6, 6.07) is 0. The van der Waals surface area contributed by atoms with Crippen LogP contribution in [-0.2, 0) is 19.1 Å². The fraction of sp³-hybridized carbons (Fsp3) is 0.455. The van der Waals surface area contributed by atoms with Gasteiger partial charge in [-0.1, -0.05) is 0 Å². The van der Waals surface area contributed by atoms with E-state index in [2.05, 4.69) is 0 Å². The van der Waals surface area contributed by atoms with Crippen molar-refractivity contribution in [2.24, 2.45) is 11.8 Å². The summed E-state index contributed by atoms with van der Waals surface area (Å²) in [6.07, 6.45) is 8.20. The lowest BCUT2D eigenvalue weighted by Gasteiger charge is -2.22. The molecule has 0 saturated heterocycles. The molecule has 15 heavy (non-hydrogen) atoms. The Balaban J connectivity index is 1.96. The second kappa shape index (κ2) is 4.29. The van der Waals surface area contributed by atoms with E-state index in [1.54, 1.807) is 12.2 Å². The third-order valence-corrected chi connectivity index (χ3v) is 2.64. The third kappa shape index (κ3) is 2.26. The molecule has 2 atom stereocenters. The Hall–Kier alpha value is -1.58. The number of cyclic esters (lactones) is 2. The molecule has 4 heteroatoms. The Morgan fingerprint density at radius 1 is 1.00 bits per heavy atom. The van der Waals surface area contributed by atoms with Crippen molar-refractivity contribution in [1.82, 2.24) is 0 Å². The van der Waals surface area contributed by atoms with E-state index in [4.69, 9.17) is 9.47 Å². The number of hydrogen-bond donors (Lipinski definition) is 0. The first kappa shape index (κ1) is 9.96. The topological polar surface area (TPSA) is 52.6 Å². The molecular weight excluding hydrogens is 196 g/mol. The van der Waals surface area contributed by atoms with Gasteiger partial charge in [-0.05, 0) is 31.4 Å². The minimum atomic E-state index is -0.250. The van der Waals surface area contributed by atoms with E-state index in [1.807, 2.05) is 0 Å². The Labute approximate surface area is 87.5 Å². The molecule has 0 bridgehead atoms. The average molecular weight is 208 g/mol. The van der Waals surface area contributed by atoms with E-state index < -0.39 is 0 Å². The van der Waals surface area contributed by atoms with Gasteiger partial charge in [0.05, 0.1) is 24.4 Å². The van der Waals surface area contributed by atoms with Crippen molar-refractivity contribution in [3.63, 3.8) is 0 Å². The van der Waals surface area contributed by atoms with Gasteiger partial charge >= 0.3 is 11.9 Å². The number of ether oxygens (including phenoxy) is 2. The van der Waals surface area contributed by atoms with Gasteiger partial charge in [0.15, 0.2) is 0 Å². The maximum atomic E-state index is 11.3. The van der Waals surface area contributed by atoms with Gasteiger partial charge in [0.25, 0.3) is 0 Å². The second-order valence-electron chi connectivity index (χ2n) is 3.72. The van der Waals surface area contributed by atoms with Crippen LogP contribution in [-0.4, -0.2) is 11.9 Å². The molecular formula is C11H12O4. The van der Waals surface area contributed by atoms with E-state index >= 15 is 0 Å². The average Bonchev–Trinajstić information content (AvgIpc) is 2.24. The van der Waals surface area contributed by atoms with Crippen LogP contribution in [0.25, 0.3) is 0 Å². The van der Waals surface area contributed by atoms with Gasteiger partial charge in [0.2, 0.25) is 0 Å². The van der Waals surface area contributed by atoms with Gasteiger partial charge in [-0.15, -0.1) is 0 Å². The van der Waals surface area contributed by atoms with Crippen molar-refractivity contribution in [2.75, 3.05) is 0 Å². The van der Waals surface area contributed by atoms with Crippen LogP contribution in [0.2, 0.25) is 0 Å². The minimum absolute atomic E-state index is 0.209. The van der Waals surface area contributed by atoms with Crippen molar-refractivity contribution in [1.29, 1.82) is 0 Å². The SMILES string of the molecule is O=C1OC=CCC1CC1CC=COC1=O. The first-order valence-corrected chi connectivity index (χ1v) is 4.98. The van der Waals surface area contributed by atoms with E-state index in [9.17, 15) is 9.59 Å². The highest BCUT2D eigenvalue weighted by Crippen LogP contribution is 2.26. The highest BCUT2D eigenvalue weighted by atomic mass is 16.5. The molecule has 0 aromatic rings. The van der Waals surface area contributed by atoms with Gasteiger partial charge in [0, 0.05) is 0 Å². The molecule has 4 nitrogen and oxygen atoms in total. The van der Waals surface area contributed by atoms with E-state index in [-0.39, 0.29) is 23.8 Å². The van der Waals surface area contributed by atoms with Crippen LogP contribution in [0.3, 0.4) is 0 Å². The minimum Gasteiger partial charge on any atom is -0.435 e. The van der Waals surface area contributed by atoms with Crippen LogP contribution in [0.15, 0.2) is 24.7 Å². The number of carbonyl (C=O) groups is 2. The smallest absolute Gasteiger partial charge is 0.314 e. The van der Waals surface area contributed by atoms with E-state index in [0.29, 0.717) is 19.3 Å². The lowest BCUT2D eigenvalue weighted by atomic mass is 9.89. The zero-order valence-corrected chi connectivity index (χ0v) is 8.22. The first-order valence-electron chi connectivity index (χ1n) is 4.98. The summed E-state index contributed by atoms with van der Waals surface area (Å²) in [5.74, 6) is -0.919. The molecule has 0 radical (unpaired) electrons. The molecule has 0 spiro atoms.